The molecule has 0 aliphatic rings. The van der Waals surface area contributed by atoms with Gasteiger partial charge in [0.2, 0.25) is 0 Å². The van der Waals surface area contributed by atoms with Gasteiger partial charge in [0.15, 0.2) is 0 Å². The van der Waals surface area contributed by atoms with Gasteiger partial charge in [-0.2, -0.15) is 0 Å². The monoisotopic (exact) mass is 263 g/mol. The number of rotatable bonds is 4. The molecule has 0 aromatic heterocycles. The van der Waals surface area contributed by atoms with Gasteiger partial charge >= 0.3 is 0 Å². The van der Waals surface area contributed by atoms with Crippen LogP contribution in [0.5, 0.6) is 0 Å². The zero-order valence-electron chi connectivity index (χ0n) is 12.4. The van der Waals surface area contributed by atoms with Crippen LogP contribution in [0.2, 0.25) is 19.6 Å². The molecule has 0 heterocycles. The second kappa shape index (κ2) is 5.42. The van der Waals surface area contributed by atoms with E-state index in [1.807, 2.05) is 27.8 Å². The summed E-state index contributed by atoms with van der Waals surface area (Å²) in [5.41, 5.74) is 0.465. The van der Waals surface area contributed by atoms with Crippen molar-refractivity contribution in [1.29, 1.82) is 0 Å². The highest BCUT2D eigenvalue weighted by Gasteiger charge is 2.42. The average molecular weight is 264 g/mol. The number of nitrogens with zero attached hydrogens (tertiary/aromatic N) is 1. The third kappa shape index (κ3) is 4.39. The molecule has 0 aromatic carbocycles. The Hall–Kier alpha value is 0.487. The van der Waals surface area contributed by atoms with Crippen LogP contribution in [0, 0.1) is 5.92 Å². The van der Waals surface area contributed by atoms with Crippen molar-refractivity contribution < 1.29 is 4.55 Å². The molecule has 0 rings (SSSR count). The molecular formula is C12H29NOSSi. The summed E-state index contributed by atoms with van der Waals surface area (Å²) in [6.07, 6.45) is 0. The molecule has 0 saturated carbocycles. The van der Waals surface area contributed by atoms with Crippen molar-refractivity contribution in [1.82, 2.24) is 4.31 Å². The molecule has 2 nitrogen and oxygen atoms in total. The van der Waals surface area contributed by atoms with E-state index in [2.05, 4.69) is 37.8 Å². The third-order valence-corrected chi connectivity index (χ3v) is 7.51. The van der Waals surface area contributed by atoms with Crippen molar-refractivity contribution in [3.05, 3.63) is 0 Å². The minimum Gasteiger partial charge on any atom is -0.598 e. The van der Waals surface area contributed by atoms with Crippen LogP contribution in [0.4, 0.5) is 0 Å². The molecule has 2 atom stereocenters. The van der Waals surface area contributed by atoms with Crippen molar-refractivity contribution in [3.63, 3.8) is 0 Å². The predicted molar refractivity (Wildman–Crippen MR) is 77.6 cm³/mol. The molecule has 0 fully saturated rings. The molecule has 0 bridgehead atoms. The summed E-state index contributed by atoms with van der Waals surface area (Å²) >= 11 is -0.911. The average Bonchev–Trinajstić information content (AvgIpc) is 1.97. The summed E-state index contributed by atoms with van der Waals surface area (Å²) in [5, 5.41) is 0. The van der Waals surface area contributed by atoms with Gasteiger partial charge in [-0.3, -0.25) is 0 Å². The largest absolute Gasteiger partial charge is 0.598 e. The third-order valence-electron chi connectivity index (χ3n) is 2.70. The quantitative estimate of drug-likeness (QED) is 0.575. The molecule has 0 N–H and O–H groups in total. The van der Waals surface area contributed by atoms with E-state index >= 15 is 0 Å². The van der Waals surface area contributed by atoms with E-state index in [1.54, 1.807) is 0 Å². The molecule has 0 aromatic rings. The second-order valence-corrected chi connectivity index (χ2v) is 14.6. The molecule has 0 aliphatic carbocycles. The van der Waals surface area contributed by atoms with Crippen LogP contribution in [0.1, 0.15) is 34.6 Å². The van der Waals surface area contributed by atoms with Crippen molar-refractivity contribution in [2.24, 2.45) is 5.92 Å². The normalized spacial score (nSPS) is 18.0. The Balaban J connectivity index is 4.97. The van der Waals surface area contributed by atoms with Gasteiger partial charge < -0.3 is 4.55 Å². The van der Waals surface area contributed by atoms with Crippen LogP contribution in [0.15, 0.2) is 0 Å². The Morgan fingerprint density at radius 2 is 1.50 bits per heavy atom. The molecule has 98 valence electrons. The molecule has 4 heteroatoms. The van der Waals surface area contributed by atoms with E-state index in [9.17, 15) is 4.55 Å². The summed E-state index contributed by atoms with van der Waals surface area (Å²) in [6, 6.07) is 0. The maximum atomic E-state index is 12.4. The first-order valence-electron chi connectivity index (χ1n) is 6.04. The first kappa shape index (κ1) is 16.5. The van der Waals surface area contributed by atoms with Crippen molar-refractivity contribution in [3.8, 4) is 0 Å². The highest BCUT2D eigenvalue weighted by Crippen LogP contribution is 2.28. The summed E-state index contributed by atoms with van der Waals surface area (Å²) in [5.74, 6) is 0.558. The maximum absolute atomic E-state index is 12.4. The lowest BCUT2D eigenvalue weighted by molar-refractivity contribution is 0.355. The SMILES string of the molecule is CC(C)[C@H](N(C)[S@@+]([O-])C(C)(C)C)[Si](C)(C)C. The van der Waals surface area contributed by atoms with E-state index in [1.165, 1.54) is 0 Å². The topological polar surface area (TPSA) is 26.3 Å². The highest BCUT2D eigenvalue weighted by atomic mass is 32.2. The second-order valence-electron chi connectivity index (χ2n) is 6.96. The van der Waals surface area contributed by atoms with E-state index in [4.69, 9.17) is 0 Å². The lowest BCUT2D eigenvalue weighted by atomic mass is 10.2. The van der Waals surface area contributed by atoms with Crippen molar-refractivity contribution in [2.45, 2.75) is 64.7 Å². The Kier molecular flexibility index (Phi) is 5.59. The number of hydrogen-bond acceptors (Lipinski definition) is 2. The Morgan fingerprint density at radius 1 is 1.12 bits per heavy atom. The summed E-state index contributed by atoms with van der Waals surface area (Å²) in [4.78, 5) is 0. The van der Waals surface area contributed by atoms with E-state index in [0.717, 1.165) is 0 Å². The molecule has 0 amide bonds. The van der Waals surface area contributed by atoms with Crippen LogP contribution in [0.3, 0.4) is 0 Å². The fourth-order valence-corrected chi connectivity index (χ4v) is 8.14. The van der Waals surface area contributed by atoms with Gasteiger partial charge in [0.25, 0.3) is 0 Å². The molecule has 16 heavy (non-hydrogen) atoms. The number of hydrogen-bond donors (Lipinski definition) is 0. The molecule has 0 aliphatic heterocycles. The highest BCUT2D eigenvalue weighted by molar-refractivity contribution is 7.90. The van der Waals surface area contributed by atoms with Crippen LogP contribution < -0.4 is 0 Å². The predicted octanol–water partition coefficient (Wildman–Crippen LogP) is 3.28. The van der Waals surface area contributed by atoms with Gasteiger partial charge in [-0.25, -0.2) is 0 Å². The van der Waals surface area contributed by atoms with Crippen molar-refractivity contribution in [2.75, 3.05) is 7.05 Å². The molecule has 0 spiro atoms. The first-order valence-corrected chi connectivity index (χ1v) is 10.7. The minimum atomic E-state index is -1.32. The molecule has 0 saturated heterocycles. The maximum Gasteiger partial charge on any atom is 0.137 e. The van der Waals surface area contributed by atoms with Gasteiger partial charge in [0.05, 0.1) is 8.07 Å². The van der Waals surface area contributed by atoms with Crippen LogP contribution in [-0.2, 0) is 11.4 Å². The molecule has 0 radical (unpaired) electrons. The van der Waals surface area contributed by atoms with Crippen LogP contribution in [-0.4, -0.2) is 34.4 Å². The summed E-state index contributed by atoms with van der Waals surface area (Å²) in [6.45, 7) is 17.7. The smallest absolute Gasteiger partial charge is 0.137 e. The van der Waals surface area contributed by atoms with Gasteiger partial charge in [-0.05, 0) is 26.7 Å². The zero-order chi connectivity index (χ0) is 13.3. The fourth-order valence-electron chi connectivity index (χ4n) is 2.50. The fraction of sp³-hybridized carbons (Fsp3) is 1.00. The summed E-state index contributed by atoms with van der Waals surface area (Å²) < 4.78 is 14.4. The minimum absolute atomic E-state index is 0.165. The van der Waals surface area contributed by atoms with E-state index in [-0.39, 0.29) is 4.75 Å². The van der Waals surface area contributed by atoms with Gasteiger partial charge in [0.1, 0.15) is 4.75 Å². The van der Waals surface area contributed by atoms with Crippen molar-refractivity contribution >= 4 is 19.4 Å². The summed E-state index contributed by atoms with van der Waals surface area (Å²) in [7, 11) is 0.697. The van der Waals surface area contributed by atoms with E-state index < -0.39 is 19.4 Å². The Labute approximate surface area is 106 Å². The van der Waals surface area contributed by atoms with E-state index in [0.29, 0.717) is 11.6 Å². The molecule has 0 unspecified atom stereocenters. The van der Waals surface area contributed by atoms with Gasteiger partial charge in [-0.1, -0.05) is 33.5 Å². The molecular weight excluding hydrogens is 234 g/mol. The van der Waals surface area contributed by atoms with Gasteiger partial charge in [0, 0.05) is 24.1 Å². The van der Waals surface area contributed by atoms with Crippen LogP contribution in [0.25, 0.3) is 0 Å². The zero-order valence-corrected chi connectivity index (χ0v) is 14.2. The van der Waals surface area contributed by atoms with Crippen LogP contribution >= 0.6 is 0 Å². The lowest BCUT2D eigenvalue weighted by Crippen LogP contribution is -2.57. The Bertz CT molecular complexity index is 220. The Morgan fingerprint density at radius 3 is 1.69 bits per heavy atom. The first-order chi connectivity index (χ1) is 6.89. The standard InChI is InChI=1S/C12H29NOSSi/c1-10(2)11(16(7,8)9)13(6)15(14)12(3,4)5/h10-11H,1-9H3/t11-,15+/m1/s1. The lowest BCUT2D eigenvalue weighted by Gasteiger charge is -2.42. The van der Waals surface area contributed by atoms with Gasteiger partial charge in [-0.15, -0.1) is 4.31 Å².